The summed E-state index contributed by atoms with van der Waals surface area (Å²) in [5.41, 5.74) is 0.433. The second kappa shape index (κ2) is 5.40. The van der Waals surface area contributed by atoms with E-state index in [0.29, 0.717) is 18.0 Å². The molecule has 0 saturated carbocycles. The van der Waals surface area contributed by atoms with Gasteiger partial charge in [0.25, 0.3) is 5.91 Å². The Morgan fingerprint density at radius 1 is 1.45 bits per heavy atom. The summed E-state index contributed by atoms with van der Waals surface area (Å²) in [4.78, 5) is 30.1. The van der Waals surface area contributed by atoms with Crippen molar-refractivity contribution in [2.75, 3.05) is 6.54 Å². The number of fused-ring (bicyclic) bond motifs is 1. The summed E-state index contributed by atoms with van der Waals surface area (Å²) in [6, 6.07) is 2.98. The molecule has 2 saturated heterocycles. The maximum Gasteiger partial charge on any atom is 0.252 e. The highest BCUT2D eigenvalue weighted by Gasteiger charge is 2.41. The fraction of sp³-hybridized carbons (Fsp3) is 0.500. The molecule has 1 N–H and O–H groups in total. The summed E-state index contributed by atoms with van der Waals surface area (Å²) in [5.74, 6) is -0.226. The summed E-state index contributed by atoms with van der Waals surface area (Å²) in [6.45, 7) is 0.816. The molecule has 0 unspecified atom stereocenters. The van der Waals surface area contributed by atoms with Crippen molar-refractivity contribution < 1.29 is 9.59 Å². The lowest BCUT2D eigenvalue weighted by molar-refractivity contribution is -0.131. The Morgan fingerprint density at radius 3 is 3.05 bits per heavy atom. The first kappa shape index (κ1) is 13.4. The molecular weight excluding hydrogens is 278 g/mol. The predicted octanol–water partition coefficient (Wildman–Crippen LogP) is 1.62. The minimum Gasteiger partial charge on any atom is -0.340 e. The highest BCUT2D eigenvalue weighted by molar-refractivity contribution is 6.29. The van der Waals surface area contributed by atoms with E-state index in [1.807, 2.05) is 4.90 Å². The van der Waals surface area contributed by atoms with Crippen LogP contribution in [0, 0.1) is 0 Å². The van der Waals surface area contributed by atoms with E-state index in [2.05, 4.69) is 10.3 Å². The van der Waals surface area contributed by atoms with Crippen molar-refractivity contribution >= 4 is 23.4 Å². The third-order valence-corrected chi connectivity index (χ3v) is 4.22. The monoisotopic (exact) mass is 293 g/mol. The molecule has 5 nitrogen and oxygen atoms in total. The second-order valence-corrected chi connectivity index (χ2v) is 5.70. The van der Waals surface area contributed by atoms with Crippen LogP contribution in [0.15, 0.2) is 18.3 Å². The summed E-state index contributed by atoms with van der Waals surface area (Å²) in [6.07, 6.45) is 5.46. The van der Waals surface area contributed by atoms with E-state index >= 15 is 0 Å². The minimum atomic E-state index is -0.405. The molecule has 1 aromatic rings. The third-order valence-electron chi connectivity index (χ3n) is 4.01. The van der Waals surface area contributed by atoms with Crippen molar-refractivity contribution in [3.8, 4) is 0 Å². The lowest BCUT2D eigenvalue weighted by Gasteiger charge is -2.28. The molecule has 6 heteroatoms. The highest BCUT2D eigenvalue weighted by Crippen LogP contribution is 2.28. The minimum absolute atomic E-state index is 0.0446. The van der Waals surface area contributed by atoms with Gasteiger partial charge in [-0.15, -0.1) is 0 Å². The number of nitrogens with zero attached hydrogens (tertiary/aromatic N) is 2. The van der Waals surface area contributed by atoms with Gasteiger partial charge in [-0.25, -0.2) is 4.98 Å². The summed E-state index contributed by atoms with van der Waals surface area (Å²) >= 11 is 5.77. The van der Waals surface area contributed by atoms with Crippen LogP contribution >= 0.6 is 11.6 Å². The lowest BCUT2D eigenvalue weighted by atomic mass is 10.0. The fourth-order valence-electron chi connectivity index (χ4n) is 3.01. The Labute approximate surface area is 122 Å². The van der Waals surface area contributed by atoms with Gasteiger partial charge in [-0.05, 0) is 37.8 Å². The van der Waals surface area contributed by atoms with Crippen molar-refractivity contribution in [3.05, 3.63) is 29.0 Å². The van der Waals surface area contributed by atoms with Gasteiger partial charge in [0.05, 0.1) is 0 Å². The number of carbonyl (C=O) groups is 2. The number of pyridine rings is 1. The van der Waals surface area contributed by atoms with Crippen molar-refractivity contribution in [1.29, 1.82) is 0 Å². The molecule has 20 heavy (non-hydrogen) atoms. The molecule has 0 bridgehead atoms. The van der Waals surface area contributed by atoms with Crippen LogP contribution in [0.25, 0.3) is 0 Å². The van der Waals surface area contributed by atoms with Crippen LogP contribution in [0.1, 0.15) is 36.0 Å². The van der Waals surface area contributed by atoms with Gasteiger partial charge in [0.1, 0.15) is 11.2 Å². The van der Waals surface area contributed by atoms with Crippen molar-refractivity contribution in [2.45, 2.75) is 37.8 Å². The van der Waals surface area contributed by atoms with Crippen LogP contribution < -0.4 is 5.32 Å². The first-order chi connectivity index (χ1) is 9.65. The number of nitrogens with one attached hydrogen (secondary N) is 1. The number of aromatic nitrogens is 1. The molecular formula is C14H16ClN3O2. The van der Waals surface area contributed by atoms with E-state index < -0.39 is 6.04 Å². The summed E-state index contributed by atoms with van der Waals surface area (Å²) in [7, 11) is 0. The van der Waals surface area contributed by atoms with Crippen molar-refractivity contribution in [1.82, 2.24) is 15.2 Å². The Bertz CT molecular complexity index is 549. The Kier molecular flexibility index (Phi) is 3.61. The molecule has 106 valence electrons. The molecule has 2 aliphatic heterocycles. The first-order valence-electron chi connectivity index (χ1n) is 6.88. The molecule has 2 aliphatic rings. The molecule has 2 amide bonds. The van der Waals surface area contributed by atoms with E-state index in [1.165, 1.54) is 12.3 Å². The maximum atomic E-state index is 12.2. The van der Waals surface area contributed by atoms with Gasteiger partial charge in [0, 0.05) is 24.3 Å². The van der Waals surface area contributed by atoms with Gasteiger partial charge >= 0.3 is 0 Å². The van der Waals surface area contributed by atoms with Gasteiger partial charge in [0.15, 0.2) is 0 Å². The molecule has 1 aromatic heterocycles. The number of amides is 2. The van der Waals surface area contributed by atoms with Gasteiger partial charge in [-0.2, -0.15) is 0 Å². The standard InChI is InChI=1S/C14H16ClN3O2/c15-12-7-9(4-5-16-12)13(19)17-11-8-10-3-1-2-6-18(10)14(11)20/h4-5,7,10-11H,1-3,6,8H2,(H,17,19)/t10-,11+/m1/s1. The average molecular weight is 294 g/mol. The zero-order chi connectivity index (χ0) is 14.1. The van der Waals surface area contributed by atoms with E-state index in [-0.39, 0.29) is 17.0 Å². The van der Waals surface area contributed by atoms with Crippen molar-refractivity contribution in [3.63, 3.8) is 0 Å². The SMILES string of the molecule is O=C(N[C@H]1C[C@H]2CCCCN2C1=O)c1ccnc(Cl)c1. The number of piperidine rings is 1. The topological polar surface area (TPSA) is 62.3 Å². The van der Waals surface area contributed by atoms with Crippen LogP contribution in [0.3, 0.4) is 0 Å². The zero-order valence-electron chi connectivity index (χ0n) is 11.0. The predicted molar refractivity (Wildman–Crippen MR) is 74.5 cm³/mol. The number of halogens is 1. The summed E-state index contributed by atoms with van der Waals surface area (Å²) < 4.78 is 0. The van der Waals surface area contributed by atoms with Gasteiger partial charge in [-0.1, -0.05) is 11.6 Å². The Morgan fingerprint density at radius 2 is 2.30 bits per heavy atom. The van der Waals surface area contributed by atoms with Crippen LogP contribution in [0.2, 0.25) is 5.15 Å². The quantitative estimate of drug-likeness (QED) is 0.843. The molecule has 2 fully saturated rings. The van der Waals surface area contributed by atoms with Gasteiger partial charge in [0.2, 0.25) is 5.91 Å². The number of rotatable bonds is 2. The highest BCUT2D eigenvalue weighted by atomic mass is 35.5. The van der Waals surface area contributed by atoms with E-state index in [0.717, 1.165) is 25.8 Å². The normalized spacial score (nSPS) is 25.4. The zero-order valence-corrected chi connectivity index (χ0v) is 11.8. The molecule has 0 aliphatic carbocycles. The average Bonchev–Trinajstić information content (AvgIpc) is 2.76. The molecule has 3 heterocycles. The Hall–Kier alpha value is -1.62. The lowest BCUT2D eigenvalue weighted by Crippen LogP contribution is -2.43. The van der Waals surface area contributed by atoms with E-state index in [9.17, 15) is 9.59 Å². The second-order valence-electron chi connectivity index (χ2n) is 5.31. The van der Waals surface area contributed by atoms with Crippen LogP contribution in [0.5, 0.6) is 0 Å². The van der Waals surface area contributed by atoms with Gasteiger partial charge in [-0.3, -0.25) is 9.59 Å². The van der Waals surface area contributed by atoms with Crippen LogP contribution in [-0.4, -0.2) is 40.3 Å². The summed E-state index contributed by atoms with van der Waals surface area (Å²) in [5, 5.41) is 3.08. The van der Waals surface area contributed by atoms with Crippen LogP contribution in [-0.2, 0) is 4.79 Å². The third kappa shape index (κ3) is 2.50. The number of carbonyl (C=O) groups excluding carboxylic acids is 2. The molecule has 2 atom stereocenters. The fourth-order valence-corrected chi connectivity index (χ4v) is 3.19. The number of hydrogen-bond acceptors (Lipinski definition) is 3. The largest absolute Gasteiger partial charge is 0.340 e. The van der Waals surface area contributed by atoms with Gasteiger partial charge < -0.3 is 10.2 Å². The van der Waals surface area contributed by atoms with E-state index in [4.69, 9.17) is 11.6 Å². The first-order valence-corrected chi connectivity index (χ1v) is 7.26. The van der Waals surface area contributed by atoms with Crippen molar-refractivity contribution in [2.24, 2.45) is 0 Å². The van der Waals surface area contributed by atoms with E-state index in [1.54, 1.807) is 6.07 Å². The Balaban J connectivity index is 1.69. The molecule has 0 radical (unpaired) electrons. The smallest absolute Gasteiger partial charge is 0.252 e. The molecule has 0 spiro atoms. The molecule has 3 rings (SSSR count). The molecule has 0 aromatic carbocycles. The van der Waals surface area contributed by atoms with Crippen LogP contribution in [0.4, 0.5) is 0 Å². The maximum absolute atomic E-state index is 12.2. The number of hydrogen-bond donors (Lipinski definition) is 1.